The van der Waals surface area contributed by atoms with Gasteiger partial charge in [-0.3, -0.25) is 10.4 Å². The lowest BCUT2D eigenvalue weighted by Gasteiger charge is -2.34. The fraction of sp³-hybridized carbons (Fsp3) is 0.550. The van der Waals surface area contributed by atoms with Crippen LogP contribution in [0.3, 0.4) is 0 Å². The van der Waals surface area contributed by atoms with Gasteiger partial charge in [0, 0.05) is 50.1 Å². The number of hydrogen-bond acceptors (Lipinski definition) is 5. The van der Waals surface area contributed by atoms with Gasteiger partial charge in [-0.1, -0.05) is 0 Å². The van der Waals surface area contributed by atoms with Crippen molar-refractivity contribution in [3.05, 3.63) is 23.8 Å². The topological polar surface area (TPSA) is 98.5 Å². The third-order valence-corrected chi connectivity index (χ3v) is 4.50. The van der Waals surface area contributed by atoms with Gasteiger partial charge >= 0.3 is 0 Å². The van der Waals surface area contributed by atoms with Gasteiger partial charge in [0.25, 0.3) is 5.92 Å². The molecule has 1 fully saturated rings. The number of piperidine rings is 1. The number of alkyl halides is 2. The second kappa shape index (κ2) is 9.12. The van der Waals surface area contributed by atoms with Crippen LogP contribution in [0.4, 0.5) is 14.5 Å². The minimum absolute atomic E-state index is 0.0159. The molecule has 0 radical (unpaired) electrons. The molecule has 1 aromatic carbocycles. The van der Waals surface area contributed by atoms with Gasteiger partial charge in [-0.05, 0) is 39.0 Å². The van der Waals surface area contributed by atoms with Gasteiger partial charge in [0.05, 0.1) is 17.5 Å². The Morgan fingerprint density at radius 3 is 2.50 bits per heavy atom. The number of nitrogen functional groups attached to an aromatic ring is 1. The van der Waals surface area contributed by atoms with Crippen LogP contribution in [-0.2, 0) is 0 Å². The fourth-order valence-electron chi connectivity index (χ4n) is 3.05. The van der Waals surface area contributed by atoms with Crippen molar-refractivity contribution < 1.29 is 13.5 Å². The number of nitrogens with one attached hydrogen (secondary N) is 2. The molecule has 8 heteroatoms. The summed E-state index contributed by atoms with van der Waals surface area (Å²) >= 11 is 0. The molecule has 28 heavy (non-hydrogen) atoms. The van der Waals surface area contributed by atoms with E-state index < -0.39 is 5.92 Å². The second-order valence-electron chi connectivity index (χ2n) is 7.18. The Bertz CT molecular complexity index is 751. The number of ether oxygens (including phenoxy) is 1. The zero-order valence-electron chi connectivity index (χ0n) is 16.7. The van der Waals surface area contributed by atoms with Crippen molar-refractivity contribution in [2.75, 3.05) is 25.4 Å². The van der Waals surface area contributed by atoms with Crippen LogP contribution in [0, 0.1) is 10.8 Å². The van der Waals surface area contributed by atoms with Crippen molar-refractivity contribution in [2.45, 2.75) is 52.1 Å². The highest BCUT2D eigenvalue weighted by molar-refractivity contribution is 6.49. The first kappa shape index (κ1) is 21.8. The van der Waals surface area contributed by atoms with E-state index in [1.54, 1.807) is 23.1 Å². The number of rotatable bonds is 7. The van der Waals surface area contributed by atoms with Crippen LogP contribution in [0.1, 0.15) is 45.6 Å². The van der Waals surface area contributed by atoms with Crippen molar-refractivity contribution in [1.82, 2.24) is 4.90 Å². The summed E-state index contributed by atoms with van der Waals surface area (Å²) in [7, 11) is 0. The standard InChI is InChI=1S/C20H29F2N5O/c1-4-26-18(27-9-7-20(21,22)8-10-27)12-17(24)19(25)15-11-14(28-13(2)3)5-6-16(15)23/h5-6,11,13,24-25H,4,7-10,12,23H2,1-3H3. The minimum Gasteiger partial charge on any atom is -0.491 e. The van der Waals surface area contributed by atoms with Crippen LogP contribution >= 0.6 is 0 Å². The largest absolute Gasteiger partial charge is 0.491 e. The third kappa shape index (κ3) is 5.74. The monoisotopic (exact) mass is 393 g/mol. The predicted molar refractivity (Wildman–Crippen MR) is 110 cm³/mol. The Hall–Kier alpha value is -2.51. The van der Waals surface area contributed by atoms with Gasteiger partial charge < -0.3 is 20.8 Å². The molecule has 2 rings (SSSR count). The molecule has 0 saturated carbocycles. The molecule has 0 atom stereocenters. The quantitative estimate of drug-likeness (QED) is 0.371. The van der Waals surface area contributed by atoms with E-state index in [2.05, 4.69) is 4.99 Å². The van der Waals surface area contributed by atoms with E-state index in [9.17, 15) is 8.78 Å². The number of benzene rings is 1. The van der Waals surface area contributed by atoms with Crippen molar-refractivity contribution in [3.63, 3.8) is 0 Å². The Morgan fingerprint density at radius 2 is 1.93 bits per heavy atom. The van der Waals surface area contributed by atoms with E-state index in [1.165, 1.54) is 0 Å². The summed E-state index contributed by atoms with van der Waals surface area (Å²) in [5.41, 5.74) is 6.83. The highest BCUT2D eigenvalue weighted by Gasteiger charge is 2.35. The zero-order valence-corrected chi connectivity index (χ0v) is 16.7. The summed E-state index contributed by atoms with van der Waals surface area (Å²) in [6.07, 6.45) is -0.359. The van der Waals surface area contributed by atoms with Gasteiger partial charge in [-0.2, -0.15) is 0 Å². The Kier molecular flexibility index (Phi) is 7.10. The molecule has 0 unspecified atom stereocenters. The molecule has 1 aromatic rings. The molecule has 1 aliphatic heterocycles. The first-order valence-corrected chi connectivity index (χ1v) is 9.52. The smallest absolute Gasteiger partial charge is 0.251 e. The first-order valence-electron chi connectivity index (χ1n) is 9.52. The molecule has 0 bridgehead atoms. The maximum atomic E-state index is 13.4. The molecule has 6 nitrogen and oxygen atoms in total. The number of nitrogens with two attached hydrogens (primary N) is 1. The van der Waals surface area contributed by atoms with E-state index >= 15 is 0 Å². The van der Waals surface area contributed by atoms with Crippen LogP contribution in [0.2, 0.25) is 0 Å². The lowest BCUT2D eigenvalue weighted by molar-refractivity contribution is -0.0436. The second-order valence-corrected chi connectivity index (χ2v) is 7.18. The van der Waals surface area contributed by atoms with Gasteiger partial charge in [0.1, 0.15) is 11.6 Å². The molecule has 154 valence electrons. The van der Waals surface area contributed by atoms with Crippen LogP contribution in [-0.4, -0.2) is 53.8 Å². The lowest BCUT2D eigenvalue weighted by atomic mass is 10.00. The average molecular weight is 393 g/mol. The molecule has 4 N–H and O–H groups in total. The average Bonchev–Trinajstić information content (AvgIpc) is 2.62. The zero-order chi connectivity index (χ0) is 20.9. The highest BCUT2D eigenvalue weighted by Crippen LogP contribution is 2.28. The maximum absolute atomic E-state index is 13.4. The van der Waals surface area contributed by atoms with Crippen LogP contribution in [0.5, 0.6) is 5.75 Å². The SMILES string of the molecule is CCN=C(CC(=N)C(=N)c1cc(OC(C)C)ccc1N)N1CCC(F)(F)CC1. The molecule has 0 aliphatic carbocycles. The lowest BCUT2D eigenvalue weighted by Crippen LogP contribution is -2.43. The molecule has 0 amide bonds. The summed E-state index contributed by atoms with van der Waals surface area (Å²) in [6, 6.07) is 5.04. The molecule has 1 aliphatic rings. The predicted octanol–water partition coefficient (Wildman–Crippen LogP) is 3.98. The van der Waals surface area contributed by atoms with E-state index in [-0.39, 0.29) is 49.9 Å². The fourth-order valence-corrected chi connectivity index (χ4v) is 3.05. The highest BCUT2D eigenvalue weighted by atomic mass is 19.3. The number of anilines is 1. The van der Waals surface area contributed by atoms with Crippen LogP contribution in [0.15, 0.2) is 23.2 Å². The molecular weight excluding hydrogens is 364 g/mol. The summed E-state index contributed by atoms with van der Waals surface area (Å²) in [6.45, 7) is 6.55. The number of nitrogens with zero attached hydrogens (tertiary/aromatic N) is 2. The van der Waals surface area contributed by atoms with Crippen molar-refractivity contribution in [2.24, 2.45) is 4.99 Å². The Balaban J connectivity index is 2.13. The van der Waals surface area contributed by atoms with Crippen molar-refractivity contribution in [3.8, 4) is 5.75 Å². The van der Waals surface area contributed by atoms with Gasteiger partial charge in [-0.15, -0.1) is 0 Å². The van der Waals surface area contributed by atoms with Crippen LogP contribution in [0.25, 0.3) is 0 Å². The van der Waals surface area contributed by atoms with Crippen molar-refractivity contribution >= 4 is 22.9 Å². The summed E-state index contributed by atoms with van der Waals surface area (Å²) in [4.78, 5) is 6.19. The van der Waals surface area contributed by atoms with Crippen LogP contribution < -0.4 is 10.5 Å². The summed E-state index contributed by atoms with van der Waals surface area (Å²) < 4.78 is 32.5. The molecule has 1 saturated heterocycles. The number of likely N-dealkylation sites (tertiary alicyclic amines) is 1. The van der Waals surface area contributed by atoms with Crippen molar-refractivity contribution in [1.29, 1.82) is 10.8 Å². The van der Waals surface area contributed by atoms with E-state index in [0.29, 0.717) is 29.4 Å². The van der Waals surface area contributed by atoms with Gasteiger partial charge in [0.15, 0.2) is 0 Å². The molecular formula is C20H29F2N5O. The summed E-state index contributed by atoms with van der Waals surface area (Å²) in [5.74, 6) is -1.49. The van der Waals surface area contributed by atoms with E-state index in [4.69, 9.17) is 21.3 Å². The number of hydrogen-bond donors (Lipinski definition) is 3. The molecule has 0 aromatic heterocycles. The first-order chi connectivity index (χ1) is 13.1. The number of amidine groups is 1. The van der Waals surface area contributed by atoms with E-state index in [1.807, 2.05) is 20.8 Å². The number of halogens is 2. The van der Waals surface area contributed by atoms with Gasteiger partial charge in [-0.25, -0.2) is 8.78 Å². The maximum Gasteiger partial charge on any atom is 0.251 e. The van der Waals surface area contributed by atoms with E-state index in [0.717, 1.165) is 0 Å². The van der Waals surface area contributed by atoms with Gasteiger partial charge in [0.2, 0.25) is 0 Å². The summed E-state index contributed by atoms with van der Waals surface area (Å²) in [5, 5.41) is 16.8. The molecule has 1 heterocycles. The normalized spacial score (nSPS) is 16.9. The Morgan fingerprint density at radius 1 is 1.29 bits per heavy atom. The minimum atomic E-state index is -2.64. The molecule has 0 spiro atoms. The third-order valence-electron chi connectivity index (χ3n) is 4.50. The number of aliphatic imine (C=N–C) groups is 1. The Labute approximate surface area is 164 Å².